The molecule has 0 aliphatic rings. The Morgan fingerprint density at radius 3 is 2.70 bits per heavy atom. The van der Waals surface area contributed by atoms with Crippen LogP contribution in [0.15, 0.2) is 40.6 Å². The first-order valence-electron chi connectivity index (χ1n) is 6.91. The Bertz CT molecular complexity index is 744. The van der Waals surface area contributed by atoms with E-state index in [-0.39, 0.29) is 29.0 Å². The molecule has 0 saturated heterocycles. The van der Waals surface area contributed by atoms with Gasteiger partial charge in [0.15, 0.2) is 5.13 Å². The molecule has 2 rings (SSSR count). The molecule has 124 valence electrons. The van der Waals surface area contributed by atoms with Crippen LogP contribution in [0.4, 0.5) is 5.13 Å². The van der Waals surface area contributed by atoms with Crippen LogP contribution < -0.4 is 10.0 Å². The van der Waals surface area contributed by atoms with Crippen molar-refractivity contribution in [1.29, 1.82) is 0 Å². The van der Waals surface area contributed by atoms with Crippen molar-refractivity contribution < 1.29 is 18.3 Å². The Labute approximate surface area is 138 Å². The van der Waals surface area contributed by atoms with Gasteiger partial charge in [-0.15, -0.1) is 11.3 Å². The molecule has 23 heavy (non-hydrogen) atoms. The normalized spacial score (nSPS) is 11.2. The van der Waals surface area contributed by atoms with Crippen LogP contribution in [-0.2, 0) is 21.2 Å². The molecule has 0 spiro atoms. The number of aliphatic hydroxyl groups is 1. The highest BCUT2D eigenvalue weighted by molar-refractivity contribution is 7.93. The van der Waals surface area contributed by atoms with Gasteiger partial charge in [0.2, 0.25) is 5.91 Å². The van der Waals surface area contributed by atoms with Crippen LogP contribution in [0, 0.1) is 0 Å². The topological polar surface area (TPSA) is 108 Å². The average molecular weight is 355 g/mol. The van der Waals surface area contributed by atoms with Gasteiger partial charge in [-0.25, -0.2) is 13.4 Å². The molecular formula is C14H17N3O4S2. The number of hydrogen-bond acceptors (Lipinski definition) is 6. The molecule has 0 fully saturated rings. The molecule has 2 aromatic rings. The van der Waals surface area contributed by atoms with Gasteiger partial charge in [-0.1, -0.05) is 18.2 Å². The van der Waals surface area contributed by atoms with E-state index in [1.165, 1.54) is 12.1 Å². The van der Waals surface area contributed by atoms with Gasteiger partial charge in [-0.05, 0) is 18.6 Å². The molecule has 1 aromatic carbocycles. The summed E-state index contributed by atoms with van der Waals surface area (Å²) in [5.74, 6) is -0.221. The van der Waals surface area contributed by atoms with E-state index in [1.807, 2.05) is 0 Å². The highest BCUT2D eigenvalue weighted by Gasteiger charge is 2.16. The average Bonchev–Trinajstić information content (AvgIpc) is 2.94. The van der Waals surface area contributed by atoms with Crippen LogP contribution >= 0.6 is 11.3 Å². The van der Waals surface area contributed by atoms with Crippen molar-refractivity contribution in [2.24, 2.45) is 0 Å². The first-order chi connectivity index (χ1) is 11.0. The molecule has 0 atom stereocenters. The fourth-order valence-corrected chi connectivity index (χ4v) is 3.73. The Hall–Kier alpha value is -1.97. The van der Waals surface area contributed by atoms with Gasteiger partial charge in [0.05, 0.1) is 17.0 Å². The van der Waals surface area contributed by atoms with E-state index in [0.717, 1.165) is 11.3 Å². The molecule has 1 heterocycles. The third kappa shape index (κ3) is 5.31. The largest absolute Gasteiger partial charge is 0.396 e. The second kappa shape index (κ2) is 8.04. The lowest BCUT2D eigenvalue weighted by atomic mass is 10.3. The quantitative estimate of drug-likeness (QED) is 0.612. The number of benzene rings is 1. The Balaban J connectivity index is 1.96. The maximum atomic E-state index is 12.2. The lowest BCUT2D eigenvalue weighted by molar-refractivity contribution is -0.120. The number of sulfonamides is 1. The molecule has 0 aliphatic heterocycles. The summed E-state index contributed by atoms with van der Waals surface area (Å²) in [6.45, 7) is 0.412. The number of anilines is 1. The Kier molecular flexibility index (Phi) is 6.08. The Morgan fingerprint density at radius 2 is 2.00 bits per heavy atom. The zero-order valence-corrected chi connectivity index (χ0v) is 13.9. The molecule has 7 nitrogen and oxygen atoms in total. The number of hydrogen-bond donors (Lipinski definition) is 3. The summed E-state index contributed by atoms with van der Waals surface area (Å²) in [5, 5.41) is 13.1. The van der Waals surface area contributed by atoms with Crippen molar-refractivity contribution in [2.45, 2.75) is 17.7 Å². The molecule has 3 N–H and O–H groups in total. The number of carbonyl (C=O) groups excluding carboxylic acids is 1. The molecule has 1 amide bonds. The fourth-order valence-electron chi connectivity index (χ4n) is 1.74. The molecule has 9 heteroatoms. The maximum absolute atomic E-state index is 12.2. The molecular weight excluding hydrogens is 338 g/mol. The summed E-state index contributed by atoms with van der Waals surface area (Å²) < 4.78 is 26.7. The number of amides is 1. The standard InChI is InChI=1S/C14H17N3O4S2/c18-8-4-7-15-13(19)9-11-10-22-14(16-11)17-23(20,21)12-5-2-1-3-6-12/h1-3,5-6,10,18H,4,7-9H2,(H,15,19)(H,16,17). The number of aliphatic hydroxyl groups excluding tert-OH is 1. The second-order valence-electron chi connectivity index (χ2n) is 4.67. The minimum absolute atomic E-state index is 0.0163. The van der Waals surface area contributed by atoms with Crippen LogP contribution in [0.3, 0.4) is 0 Å². The smallest absolute Gasteiger partial charge is 0.263 e. The third-order valence-corrected chi connectivity index (χ3v) is 5.12. The summed E-state index contributed by atoms with van der Waals surface area (Å²) in [5.41, 5.74) is 0.488. The number of aromatic nitrogens is 1. The number of thiazole rings is 1. The van der Waals surface area contributed by atoms with Crippen LogP contribution in [0.2, 0.25) is 0 Å². The van der Waals surface area contributed by atoms with Crippen molar-refractivity contribution in [2.75, 3.05) is 17.9 Å². The SMILES string of the molecule is O=C(Cc1csc(NS(=O)(=O)c2ccccc2)n1)NCCCO. The Morgan fingerprint density at radius 1 is 1.26 bits per heavy atom. The molecule has 0 aliphatic carbocycles. The lowest BCUT2D eigenvalue weighted by Crippen LogP contribution is -2.26. The number of rotatable bonds is 8. The summed E-state index contributed by atoms with van der Waals surface area (Å²) in [7, 11) is -3.68. The second-order valence-corrected chi connectivity index (χ2v) is 7.21. The van der Waals surface area contributed by atoms with Gasteiger partial charge in [0.25, 0.3) is 10.0 Å². The molecule has 1 aromatic heterocycles. The zero-order valence-electron chi connectivity index (χ0n) is 12.2. The van der Waals surface area contributed by atoms with Crippen molar-refractivity contribution in [3.8, 4) is 0 Å². The monoisotopic (exact) mass is 355 g/mol. The van der Waals surface area contributed by atoms with Crippen molar-refractivity contribution in [3.63, 3.8) is 0 Å². The van der Waals surface area contributed by atoms with E-state index in [9.17, 15) is 13.2 Å². The van der Waals surface area contributed by atoms with Gasteiger partial charge in [0.1, 0.15) is 0 Å². The minimum atomic E-state index is -3.68. The highest BCUT2D eigenvalue weighted by atomic mass is 32.2. The van der Waals surface area contributed by atoms with Gasteiger partial charge in [-0.2, -0.15) is 0 Å². The van der Waals surface area contributed by atoms with E-state index < -0.39 is 10.0 Å². The molecule has 0 bridgehead atoms. The summed E-state index contributed by atoms with van der Waals surface area (Å²) >= 11 is 1.12. The molecule has 0 radical (unpaired) electrons. The molecule has 0 saturated carbocycles. The molecule has 0 unspecified atom stereocenters. The highest BCUT2D eigenvalue weighted by Crippen LogP contribution is 2.20. The first kappa shape index (κ1) is 17.4. The summed E-state index contributed by atoms with van der Waals surface area (Å²) in [4.78, 5) is 15.9. The summed E-state index contributed by atoms with van der Waals surface area (Å²) in [6.07, 6.45) is 0.555. The summed E-state index contributed by atoms with van der Waals surface area (Å²) in [6, 6.07) is 7.99. The number of nitrogens with one attached hydrogen (secondary N) is 2. The van der Waals surface area contributed by atoms with Crippen LogP contribution in [-0.4, -0.2) is 37.6 Å². The van der Waals surface area contributed by atoms with Gasteiger partial charge in [0, 0.05) is 18.5 Å². The number of nitrogens with zero attached hydrogens (tertiary/aromatic N) is 1. The predicted octanol–water partition coefficient (Wildman–Crippen LogP) is 0.985. The predicted molar refractivity (Wildman–Crippen MR) is 87.8 cm³/mol. The maximum Gasteiger partial charge on any atom is 0.263 e. The van der Waals surface area contributed by atoms with Crippen LogP contribution in [0.25, 0.3) is 0 Å². The van der Waals surface area contributed by atoms with Crippen molar-refractivity contribution >= 4 is 32.4 Å². The van der Waals surface area contributed by atoms with E-state index in [2.05, 4.69) is 15.0 Å². The lowest BCUT2D eigenvalue weighted by Gasteiger charge is -2.04. The van der Waals surface area contributed by atoms with Crippen LogP contribution in [0.1, 0.15) is 12.1 Å². The van der Waals surface area contributed by atoms with E-state index in [1.54, 1.807) is 23.6 Å². The van der Waals surface area contributed by atoms with Crippen LogP contribution in [0.5, 0.6) is 0 Å². The van der Waals surface area contributed by atoms with E-state index in [0.29, 0.717) is 18.7 Å². The van der Waals surface area contributed by atoms with Gasteiger partial charge < -0.3 is 10.4 Å². The first-order valence-corrected chi connectivity index (χ1v) is 9.27. The van der Waals surface area contributed by atoms with Crippen molar-refractivity contribution in [1.82, 2.24) is 10.3 Å². The third-order valence-electron chi connectivity index (χ3n) is 2.83. The van der Waals surface area contributed by atoms with Gasteiger partial charge >= 0.3 is 0 Å². The van der Waals surface area contributed by atoms with E-state index in [4.69, 9.17) is 5.11 Å². The van der Waals surface area contributed by atoms with Gasteiger partial charge in [-0.3, -0.25) is 9.52 Å². The van der Waals surface area contributed by atoms with E-state index >= 15 is 0 Å². The minimum Gasteiger partial charge on any atom is -0.396 e. The zero-order chi connectivity index (χ0) is 16.7. The number of carbonyl (C=O) groups is 1. The van der Waals surface area contributed by atoms with Crippen molar-refractivity contribution in [3.05, 3.63) is 41.4 Å². The fraction of sp³-hybridized carbons (Fsp3) is 0.286.